The largest absolute Gasteiger partial charge is 0.309 e. The van der Waals surface area contributed by atoms with Gasteiger partial charge in [0.1, 0.15) is 0 Å². The van der Waals surface area contributed by atoms with Crippen LogP contribution in [-0.4, -0.2) is 14.5 Å². The molecule has 0 spiro atoms. The van der Waals surface area contributed by atoms with Crippen LogP contribution in [0.5, 0.6) is 0 Å². The van der Waals surface area contributed by atoms with Gasteiger partial charge in [-0.3, -0.25) is 0 Å². The highest BCUT2D eigenvalue weighted by atomic mass is 15.0. The highest BCUT2D eigenvalue weighted by molar-refractivity contribution is 6.09. The van der Waals surface area contributed by atoms with Crippen LogP contribution in [0.1, 0.15) is 0 Å². The highest BCUT2D eigenvalue weighted by Gasteiger charge is 2.15. The molecule has 3 heteroatoms. The van der Waals surface area contributed by atoms with E-state index < -0.39 is 0 Å². The molecule has 0 unspecified atom stereocenters. The number of nitrogens with zero attached hydrogens (tertiary/aromatic N) is 3. The molecule has 0 amide bonds. The lowest BCUT2D eigenvalue weighted by Crippen LogP contribution is -1.96. The van der Waals surface area contributed by atoms with Crippen LogP contribution in [0.4, 0.5) is 0 Å². The third-order valence-electron chi connectivity index (χ3n) is 10.4. The Kier molecular flexibility index (Phi) is 8.16. The first-order valence-corrected chi connectivity index (χ1v) is 18.7. The van der Waals surface area contributed by atoms with Crippen molar-refractivity contribution in [3.8, 4) is 73.0 Å². The molecule has 55 heavy (non-hydrogen) atoms. The minimum Gasteiger partial charge on any atom is -0.309 e. The number of hydrogen-bond donors (Lipinski definition) is 0. The van der Waals surface area contributed by atoms with E-state index in [0.29, 0.717) is 5.82 Å². The van der Waals surface area contributed by atoms with Gasteiger partial charge >= 0.3 is 0 Å². The summed E-state index contributed by atoms with van der Waals surface area (Å²) in [5, 5.41) is 2.53. The maximum atomic E-state index is 5.19. The van der Waals surface area contributed by atoms with Crippen LogP contribution in [-0.2, 0) is 0 Å². The molecule has 0 saturated carbocycles. The number of hydrogen-bond acceptors (Lipinski definition) is 2. The van der Waals surface area contributed by atoms with E-state index in [0.717, 1.165) is 67.1 Å². The first-order chi connectivity index (χ1) is 27.2. The van der Waals surface area contributed by atoms with Crippen molar-refractivity contribution in [2.45, 2.75) is 0 Å². The second-order valence-corrected chi connectivity index (χ2v) is 13.9. The van der Waals surface area contributed by atoms with Crippen LogP contribution >= 0.6 is 0 Å². The van der Waals surface area contributed by atoms with Gasteiger partial charge in [-0.05, 0) is 81.9 Å². The first kappa shape index (κ1) is 32.3. The molecule has 10 aromatic rings. The third-order valence-corrected chi connectivity index (χ3v) is 10.4. The zero-order valence-corrected chi connectivity index (χ0v) is 30.0. The van der Waals surface area contributed by atoms with Gasteiger partial charge < -0.3 is 4.57 Å². The van der Waals surface area contributed by atoms with Crippen molar-refractivity contribution in [1.82, 2.24) is 14.5 Å². The summed E-state index contributed by atoms with van der Waals surface area (Å²) in [6.45, 7) is 0. The number of fused-ring (bicyclic) bond motifs is 3. The van der Waals surface area contributed by atoms with Crippen molar-refractivity contribution in [3.63, 3.8) is 0 Å². The Morgan fingerprint density at radius 2 is 0.655 bits per heavy atom. The Hall–Kier alpha value is -7.36. The maximum absolute atomic E-state index is 5.19. The van der Waals surface area contributed by atoms with E-state index in [-0.39, 0.29) is 0 Å². The van der Waals surface area contributed by atoms with Crippen LogP contribution in [0.15, 0.2) is 212 Å². The van der Waals surface area contributed by atoms with Gasteiger partial charge in [0.25, 0.3) is 0 Å². The fourth-order valence-corrected chi connectivity index (χ4v) is 7.67. The minimum atomic E-state index is 0.698. The monoisotopic (exact) mass is 701 g/mol. The molecule has 3 nitrogen and oxygen atoms in total. The molecular weight excluding hydrogens is 667 g/mol. The number of rotatable bonds is 7. The van der Waals surface area contributed by atoms with Crippen molar-refractivity contribution in [1.29, 1.82) is 0 Å². The molecule has 0 aliphatic rings. The second kappa shape index (κ2) is 13.9. The van der Waals surface area contributed by atoms with Gasteiger partial charge in [0.2, 0.25) is 0 Å². The molecule has 0 bridgehead atoms. The van der Waals surface area contributed by atoms with Gasteiger partial charge in [0, 0.05) is 33.2 Å². The zero-order valence-electron chi connectivity index (χ0n) is 30.0. The molecule has 0 radical (unpaired) electrons. The summed E-state index contributed by atoms with van der Waals surface area (Å²) in [7, 11) is 0. The van der Waals surface area contributed by atoms with Gasteiger partial charge in [-0.15, -0.1) is 0 Å². The molecule has 2 aromatic heterocycles. The van der Waals surface area contributed by atoms with Gasteiger partial charge in [-0.2, -0.15) is 0 Å². The Labute approximate surface area is 320 Å². The standard InChI is InChI=1S/C52H35N3/c1-4-14-36(15-5-1)42-32-43(37-16-6-2-7-17-37)34-44(33-42)49-35-48(53-52(54-49)41-18-8-3-9-19-41)40-26-24-38(25-27-40)39-28-30-45(31-29-39)55-50-22-12-10-20-46(50)47-21-11-13-23-51(47)55/h1-35H. The summed E-state index contributed by atoms with van der Waals surface area (Å²) in [5.41, 5.74) is 15.3. The van der Waals surface area contributed by atoms with Crippen molar-refractivity contribution in [2.24, 2.45) is 0 Å². The van der Waals surface area contributed by atoms with E-state index in [2.05, 4.69) is 199 Å². The molecule has 0 fully saturated rings. The van der Waals surface area contributed by atoms with Crippen molar-refractivity contribution in [2.75, 3.05) is 0 Å². The summed E-state index contributed by atoms with van der Waals surface area (Å²) < 4.78 is 2.35. The molecule has 0 N–H and O–H groups in total. The van der Waals surface area contributed by atoms with E-state index in [4.69, 9.17) is 9.97 Å². The van der Waals surface area contributed by atoms with Gasteiger partial charge in [-0.1, -0.05) is 164 Å². The Balaban J connectivity index is 1.04. The predicted molar refractivity (Wildman–Crippen MR) is 229 cm³/mol. The SMILES string of the molecule is c1ccc(-c2cc(-c3ccccc3)cc(-c3cc(-c4ccc(-c5ccc(-n6c7ccccc7c7ccccc76)cc5)cc4)nc(-c4ccccc4)n3)c2)cc1. The molecule has 258 valence electrons. The minimum absolute atomic E-state index is 0.698. The Morgan fingerprint density at radius 1 is 0.273 bits per heavy atom. The van der Waals surface area contributed by atoms with E-state index >= 15 is 0 Å². The van der Waals surface area contributed by atoms with Crippen LogP contribution < -0.4 is 0 Å². The van der Waals surface area contributed by atoms with Gasteiger partial charge in [0.15, 0.2) is 5.82 Å². The molecular formula is C52H35N3. The summed E-state index contributed by atoms with van der Waals surface area (Å²) in [6, 6.07) is 75.1. The van der Waals surface area contributed by atoms with Crippen molar-refractivity contribution >= 4 is 21.8 Å². The normalized spacial score (nSPS) is 11.3. The summed E-state index contributed by atoms with van der Waals surface area (Å²) in [4.78, 5) is 10.3. The smallest absolute Gasteiger partial charge is 0.160 e. The molecule has 8 aromatic carbocycles. The van der Waals surface area contributed by atoms with E-state index in [1.54, 1.807) is 0 Å². The topological polar surface area (TPSA) is 30.7 Å². The lowest BCUT2D eigenvalue weighted by Gasteiger charge is -2.13. The average Bonchev–Trinajstić information content (AvgIpc) is 3.61. The second-order valence-electron chi connectivity index (χ2n) is 13.9. The first-order valence-electron chi connectivity index (χ1n) is 18.7. The van der Waals surface area contributed by atoms with Crippen LogP contribution in [0.25, 0.3) is 94.8 Å². The molecule has 0 saturated heterocycles. The van der Waals surface area contributed by atoms with Crippen molar-refractivity contribution in [3.05, 3.63) is 212 Å². The lowest BCUT2D eigenvalue weighted by molar-refractivity contribution is 1.18. The molecule has 0 atom stereocenters. The average molecular weight is 702 g/mol. The lowest BCUT2D eigenvalue weighted by atomic mass is 9.94. The number of benzene rings is 8. The quantitative estimate of drug-likeness (QED) is 0.166. The van der Waals surface area contributed by atoms with E-state index in [1.165, 1.54) is 21.8 Å². The predicted octanol–water partition coefficient (Wildman–Crippen LogP) is 13.6. The summed E-state index contributed by atoms with van der Waals surface area (Å²) in [5.74, 6) is 0.698. The highest BCUT2D eigenvalue weighted by Crippen LogP contribution is 2.36. The van der Waals surface area contributed by atoms with Gasteiger partial charge in [0.05, 0.1) is 22.4 Å². The molecule has 0 aliphatic heterocycles. The number of para-hydroxylation sites is 2. The summed E-state index contributed by atoms with van der Waals surface area (Å²) >= 11 is 0. The van der Waals surface area contributed by atoms with Crippen molar-refractivity contribution < 1.29 is 0 Å². The molecule has 0 aliphatic carbocycles. The number of aromatic nitrogens is 3. The molecule has 2 heterocycles. The van der Waals surface area contributed by atoms with Crippen LogP contribution in [0.2, 0.25) is 0 Å². The Bertz CT molecular complexity index is 2820. The fourth-order valence-electron chi connectivity index (χ4n) is 7.67. The van der Waals surface area contributed by atoms with E-state index in [9.17, 15) is 0 Å². The zero-order chi connectivity index (χ0) is 36.6. The molecule has 10 rings (SSSR count). The van der Waals surface area contributed by atoms with Gasteiger partial charge in [-0.25, -0.2) is 9.97 Å². The maximum Gasteiger partial charge on any atom is 0.160 e. The van der Waals surface area contributed by atoms with Crippen LogP contribution in [0, 0.1) is 0 Å². The summed E-state index contributed by atoms with van der Waals surface area (Å²) in [6.07, 6.45) is 0. The van der Waals surface area contributed by atoms with Crippen LogP contribution in [0.3, 0.4) is 0 Å². The van der Waals surface area contributed by atoms with E-state index in [1.807, 2.05) is 18.2 Å². The third kappa shape index (κ3) is 6.18. The fraction of sp³-hybridized carbons (Fsp3) is 0. The Morgan fingerprint density at radius 3 is 1.18 bits per heavy atom.